The molecule has 0 aliphatic heterocycles. The number of nitrogens with two attached hydrogens (primary N) is 1. The van der Waals surface area contributed by atoms with Crippen LogP contribution in [0, 0.1) is 11.3 Å². The predicted molar refractivity (Wildman–Crippen MR) is 64.4 cm³/mol. The monoisotopic (exact) mass is 242 g/mol. The first-order valence-corrected chi connectivity index (χ1v) is 6.09. The Morgan fingerprint density at radius 3 is 2.35 bits per heavy atom. The summed E-state index contributed by atoms with van der Waals surface area (Å²) in [6, 6.07) is 0. The Hall–Kier alpha value is -1.10. The lowest BCUT2D eigenvalue weighted by Gasteiger charge is -2.39. The number of hydrogen-bond donors (Lipinski definition) is 2. The zero-order valence-electron chi connectivity index (χ0n) is 10.6. The van der Waals surface area contributed by atoms with E-state index in [2.05, 4.69) is 6.92 Å². The van der Waals surface area contributed by atoms with Crippen LogP contribution in [0.3, 0.4) is 0 Å². The van der Waals surface area contributed by atoms with Crippen LogP contribution >= 0.6 is 0 Å². The van der Waals surface area contributed by atoms with Crippen molar-refractivity contribution in [2.24, 2.45) is 17.1 Å². The fourth-order valence-electron chi connectivity index (χ4n) is 2.50. The van der Waals surface area contributed by atoms with Crippen molar-refractivity contribution in [1.82, 2.24) is 4.90 Å². The number of amides is 1. The van der Waals surface area contributed by atoms with Gasteiger partial charge in [0.25, 0.3) is 0 Å². The van der Waals surface area contributed by atoms with Gasteiger partial charge in [-0.15, -0.1) is 0 Å². The van der Waals surface area contributed by atoms with Crippen molar-refractivity contribution in [2.75, 3.05) is 20.1 Å². The Morgan fingerprint density at radius 1 is 1.41 bits per heavy atom. The summed E-state index contributed by atoms with van der Waals surface area (Å²) >= 11 is 0. The van der Waals surface area contributed by atoms with Gasteiger partial charge in [0.05, 0.1) is 5.41 Å². The fourth-order valence-corrected chi connectivity index (χ4v) is 2.50. The number of likely N-dealkylation sites (N-methyl/N-ethyl adjacent to an activating group) is 1. The topological polar surface area (TPSA) is 83.6 Å². The maximum Gasteiger partial charge on any atom is 0.323 e. The van der Waals surface area contributed by atoms with Crippen LogP contribution in [0.2, 0.25) is 0 Å². The van der Waals surface area contributed by atoms with E-state index in [1.54, 1.807) is 0 Å². The SMILES string of the molecule is CC1CCC(CN)(C(=O)N(C)CC(=O)O)CC1. The Bertz CT molecular complexity index is 296. The second-order valence-corrected chi connectivity index (χ2v) is 5.22. The maximum atomic E-state index is 12.3. The molecule has 0 atom stereocenters. The van der Waals surface area contributed by atoms with Gasteiger partial charge >= 0.3 is 5.97 Å². The molecule has 0 aromatic rings. The molecule has 1 rings (SSSR count). The average Bonchev–Trinajstić information content (AvgIpc) is 2.29. The molecule has 0 radical (unpaired) electrons. The highest BCUT2D eigenvalue weighted by atomic mass is 16.4. The Kier molecular flexibility index (Phi) is 4.51. The zero-order chi connectivity index (χ0) is 13.1. The van der Waals surface area contributed by atoms with Gasteiger partial charge in [-0.05, 0) is 31.6 Å². The van der Waals surface area contributed by atoms with E-state index in [-0.39, 0.29) is 12.5 Å². The van der Waals surface area contributed by atoms with Gasteiger partial charge in [-0.25, -0.2) is 0 Å². The minimum atomic E-state index is -0.989. The lowest BCUT2D eigenvalue weighted by atomic mass is 9.70. The van der Waals surface area contributed by atoms with Gasteiger partial charge in [-0.3, -0.25) is 9.59 Å². The summed E-state index contributed by atoms with van der Waals surface area (Å²) in [5.74, 6) is -0.473. The normalized spacial score (nSPS) is 28.8. The minimum Gasteiger partial charge on any atom is -0.480 e. The lowest BCUT2D eigenvalue weighted by Crippen LogP contribution is -2.49. The van der Waals surface area contributed by atoms with Crippen LogP contribution in [0.1, 0.15) is 32.6 Å². The molecule has 17 heavy (non-hydrogen) atoms. The molecule has 1 aliphatic carbocycles. The third kappa shape index (κ3) is 3.19. The molecule has 0 bridgehead atoms. The maximum absolute atomic E-state index is 12.3. The predicted octanol–water partition coefficient (Wildman–Crippen LogP) is 0.685. The first kappa shape index (κ1) is 14.0. The first-order valence-electron chi connectivity index (χ1n) is 6.09. The molecule has 0 aromatic heterocycles. The highest BCUT2D eigenvalue weighted by Gasteiger charge is 2.41. The number of carbonyl (C=O) groups excluding carboxylic acids is 1. The van der Waals surface area contributed by atoms with E-state index >= 15 is 0 Å². The molecule has 5 nitrogen and oxygen atoms in total. The molecule has 5 heteroatoms. The second kappa shape index (κ2) is 5.49. The quantitative estimate of drug-likeness (QED) is 0.759. The van der Waals surface area contributed by atoms with Crippen LogP contribution in [-0.4, -0.2) is 42.0 Å². The van der Waals surface area contributed by atoms with E-state index in [4.69, 9.17) is 10.8 Å². The van der Waals surface area contributed by atoms with Gasteiger partial charge < -0.3 is 15.7 Å². The standard InChI is InChI=1S/C12H22N2O3/c1-9-3-5-12(8-13,6-4-9)11(17)14(2)7-10(15)16/h9H,3-8,13H2,1-2H3,(H,15,16). The van der Waals surface area contributed by atoms with Crippen molar-refractivity contribution < 1.29 is 14.7 Å². The summed E-state index contributed by atoms with van der Waals surface area (Å²) in [4.78, 5) is 24.2. The van der Waals surface area contributed by atoms with Crippen LogP contribution in [0.25, 0.3) is 0 Å². The number of aliphatic carboxylic acids is 1. The van der Waals surface area contributed by atoms with Crippen LogP contribution in [-0.2, 0) is 9.59 Å². The molecule has 0 heterocycles. The molecule has 1 saturated carbocycles. The van der Waals surface area contributed by atoms with E-state index in [1.807, 2.05) is 0 Å². The molecule has 3 N–H and O–H groups in total. The molecule has 98 valence electrons. The van der Waals surface area contributed by atoms with Gasteiger partial charge in [0, 0.05) is 13.6 Å². The Balaban J connectivity index is 2.72. The van der Waals surface area contributed by atoms with E-state index < -0.39 is 11.4 Å². The van der Waals surface area contributed by atoms with E-state index in [0.717, 1.165) is 25.7 Å². The number of carboxylic acid groups (broad SMARTS) is 1. The van der Waals surface area contributed by atoms with E-state index in [0.29, 0.717) is 12.5 Å². The zero-order valence-corrected chi connectivity index (χ0v) is 10.6. The second-order valence-electron chi connectivity index (χ2n) is 5.22. The third-order valence-corrected chi connectivity index (χ3v) is 3.79. The van der Waals surface area contributed by atoms with Crippen LogP contribution < -0.4 is 5.73 Å². The average molecular weight is 242 g/mol. The van der Waals surface area contributed by atoms with Gasteiger partial charge in [0.15, 0.2) is 0 Å². The largest absolute Gasteiger partial charge is 0.480 e. The minimum absolute atomic E-state index is 0.116. The molecular weight excluding hydrogens is 220 g/mol. The molecule has 1 fully saturated rings. The number of carbonyl (C=O) groups is 2. The number of carboxylic acids is 1. The Labute approximate surface area is 102 Å². The van der Waals surface area contributed by atoms with Crippen molar-refractivity contribution in [2.45, 2.75) is 32.6 Å². The number of hydrogen-bond acceptors (Lipinski definition) is 3. The van der Waals surface area contributed by atoms with Crippen molar-refractivity contribution in [3.05, 3.63) is 0 Å². The van der Waals surface area contributed by atoms with Crippen molar-refractivity contribution in [3.63, 3.8) is 0 Å². The van der Waals surface area contributed by atoms with Gasteiger partial charge in [0.1, 0.15) is 6.54 Å². The third-order valence-electron chi connectivity index (χ3n) is 3.79. The molecule has 0 aromatic carbocycles. The molecule has 0 unspecified atom stereocenters. The number of nitrogens with zero attached hydrogens (tertiary/aromatic N) is 1. The molecule has 0 saturated heterocycles. The Morgan fingerprint density at radius 2 is 1.94 bits per heavy atom. The van der Waals surface area contributed by atoms with E-state index in [9.17, 15) is 9.59 Å². The summed E-state index contributed by atoms with van der Waals surface area (Å²) in [5.41, 5.74) is 5.23. The molecule has 0 spiro atoms. The van der Waals surface area contributed by atoms with Crippen LogP contribution in [0.4, 0.5) is 0 Å². The summed E-state index contributed by atoms with van der Waals surface area (Å²) in [7, 11) is 1.53. The molecule has 1 amide bonds. The van der Waals surface area contributed by atoms with Crippen LogP contribution in [0.5, 0.6) is 0 Å². The van der Waals surface area contributed by atoms with Gasteiger partial charge in [0.2, 0.25) is 5.91 Å². The fraction of sp³-hybridized carbons (Fsp3) is 0.833. The lowest BCUT2D eigenvalue weighted by molar-refractivity contribution is -0.149. The highest BCUT2D eigenvalue weighted by molar-refractivity contribution is 5.86. The van der Waals surface area contributed by atoms with Gasteiger partial charge in [-0.1, -0.05) is 6.92 Å². The van der Waals surface area contributed by atoms with Gasteiger partial charge in [-0.2, -0.15) is 0 Å². The summed E-state index contributed by atoms with van der Waals surface area (Å²) in [6.45, 7) is 2.23. The molecular formula is C12H22N2O3. The number of rotatable bonds is 4. The highest BCUT2D eigenvalue weighted by Crippen LogP contribution is 2.39. The van der Waals surface area contributed by atoms with E-state index in [1.165, 1.54) is 11.9 Å². The first-order chi connectivity index (χ1) is 7.91. The molecule has 1 aliphatic rings. The smallest absolute Gasteiger partial charge is 0.323 e. The van der Waals surface area contributed by atoms with Crippen molar-refractivity contribution >= 4 is 11.9 Å². The van der Waals surface area contributed by atoms with Crippen LogP contribution in [0.15, 0.2) is 0 Å². The summed E-state index contributed by atoms with van der Waals surface area (Å²) in [6.07, 6.45) is 3.52. The van der Waals surface area contributed by atoms with Crippen molar-refractivity contribution in [1.29, 1.82) is 0 Å². The summed E-state index contributed by atoms with van der Waals surface area (Å²) < 4.78 is 0. The van der Waals surface area contributed by atoms with Crippen molar-refractivity contribution in [3.8, 4) is 0 Å². The summed E-state index contributed by atoms with van der Waals surface area (Å²) in [5, 5.41) is 8.70.